The van der Waals surface area contributed by atoms with Gasteiger partial charge in [0.15, 0.2) is 0 Å². The zero-order valence-electron chi connectivity index (χ0n) is 9.46. The summed E-state index contributed by atoms with van der Waals surface area (Å²) in [5, 5.41) is 0.847. The maximum atomic E-state index is 5.81. The molecule has 0 aliphatic rings. The molecular weight excluding hydrogens is 234 g/mol. The Kier molecular flexibility index (Phi) is 3.82. The van der Waals surface area contributed by atoms with Crippen LogP contribution >= 0.6 is 11.8 Å². The molecule has 1 heterocycles. The van der Waals surface area contributed by atoms with Gasteiger partial charge in [-0.15, -0.1) is 0 Å². The van der Waals surface area contributed by atoms with Gasteiger partial charge in [0.05, 0.1) is 18.5 Å². The third-order valence-electron chi connectivity index (χ3n) is 2.05. The van der Waals surface area contributed by atoms with E-state index in [1.54, 1.807) is 18.6 Å². The van der Waals surface area contributed by atoms with Crippen molar-refractivity contribution in [3.63, 3.8) is 0 Å². The lowest BCUT2D eigenvalue weighted by Gasteiger charge is -2.08. The second-order valence-electron chi connectivity index (χ2n) is 3.28. The predicted molar refractivity (Wildman–Crippen MR) is 68.2 cm³/mol. The molecule has 0 fully saturated rings. The van der Waals surface area contributed by atoms with Crippen LogP contribution in [0.2, 0.25) is 0 Å². The van der Waals surface area contributed by atoms with E-state index in [1.807, 2.05) is 25.1 Å². The topological polar surface area (TPSA) is 61.0 Å². The molecule has 0 atom stereocenters. The van der Waals surface area contributed by atoms with Crippen molar-refractivity contribution in [1.82, 2.24) is 9.97 Å². The Morgan fingerprint density at radius 2 is 2.24 bits per heavy atom. The van der Waals surface area contributed by atoms with Gasteiger partial charge < -0.3 is 10.5 Å². The van der Waals surface area contributed by atoms with E-state index in [1.165, 1.54) is 11.8 Å². The van der Waals surface area contributed by atoms with Gasteiger partial charge >= 0.3 is 0 Å². The van der Waals surface area contributed by atoms with Gasteiger partial charge in [-0.05, 0) is 25.1 Å². The number of benzene rings is 1. The Bertz CT molecular complexity index is 490. The Labute approximate surface area is 104 Å². The van der Waals surface area contributed by atoms with Crippen molar-refractivity contribution < 1.29 is 4.74 Å². The van der Waals surface area contributed by atoms with Crippen molar-refractivity contribution in [3.8, 4) is 5.75 Å². The number of hydrogen-bond acceptors (Lipinski definition) is 5. The third kappa shape index (κ3) is 3.10. The van der Waals surface area contributed by atoms with Crippen LogP contribution in [-0.4, -0.2) is 16.6 Å². The summed E-state index contributed by atoms with van der Waals surface area (Å²) in [5.41, 5.74) is 6.46. The second kappa shape index (κ2) is 5.54. The van der Waals surface area contributed by atoms with E-state index in [4.69, 9.17) is 10.5 Å². The number of aromatic nitrogens is 2. The Balaban J connectivity index is 2.19. The number of hydrogen-bond donors (Lipinski definition) is 1. The van der Waals surface area contributed by atoms with Gasteiger partial charge in [-0.3, -0.25) is 4.98 Å². The fourth-order valence-corrected chi connectivity index (χ4v) is 2.09. The van der Waals surface area contributed by atoms with Crippen molar-refractivity contribution in [2.75, 3.05) is 12.3 Å². The molecule has 0 bridgehead atoms. The van der Waals surface area contributed by atoms with Crippen LogP contribution < -0.4 is 10.5 Å². The van der Waals surface area contributed by atoms with Crippen molar-refractivity contribution in [2.24, 2.45) is 0 Å². The molecule has 0 aliphatic heterocycles. The summed E-state index contributed by atoms with van der Waals surface area (Å²) in [4.78, 5) is 9.25. The first-order valence-electron chi connectivity index (χ1n) is 5.26. The molecule has 0 radical (unpaired) electrons. The molecule has 0 amide bonds. The minimum Gasteiger partial charge on any atom is -0.492 e. The van der Waals surface area contributed by atoms with Crippen LogP contribution in [0.5, 0.6) is 5.75 Å². The maximum Gasteiger partial charge on any atom is 0.143 e. The van der Waals surface area contributed by atoms with Crippen molar-refractivity contribution in [1.29, 1.82) is 0 Å². The number of nitrogens with two attached hydrogens (primary N) is 1. The maximum absolute atomic E-state index is 5.81. The molecule has 5 heteroatoms. The van der Waals surface area contributed by atoms with Gasteiger partial charge in [-0.2, -0.15) is 0 Å². The normalized spacial score (nSPS) is 10.2. The van der Waals surface area contributed by atoms with Crippen LogP contribution in [0.15, 0.2) is 46.7 Å². The lowest BCUT2D eigenvalue weighted by molar-refractivity contribution is 0.341. The molecule has 0 spiro atoms. The van der Waals surface area contributed by atoms with E-state index in [-0.39, 0.29) is 0 Å². The number of ether oxygens (including phenoxy) is 1. The zero-order chi connectivity index (χ0) is 12.1. The predicted octanol–water partition coefficient (Wildman–Crippen LogP) is 2.61. The summed E-state index contributed by atoms with van der Waals surface area (Å²) in [6, 6.07) is 5.69. The molecule has 88 valence electrons. The summed E-state index contributed by atoms with van der Waals surface area (Å²) < 4.78 is 5.44. The van der Waals surface area contributed by atoms with E-state index in [2.05, 4.69) is 9.97 Å². The summed E-state index contributed by atoms with van der Waals surface area (Å²) in [6.07, 6.45) is 5.04. The van der Waals surface area contributed by atoms with Gasteiger partial charge in [0, 0.05) is 17.3 Å². The average molecular weight is 247 g/mol. The first kappa shape index (κ1) is 11.7. The Hall–Kier alpha value is -1.75. The molecule has 1 aromatic heterocycles. The van der Waals surface area contributed by atoms with Gasteiger partial charge in [-0.25, -0.2) is 4.98 Å². The molecule has 2 aromatic rings. The number of nitrogens with zero attached hydrogens (tertiary/aromatic N) is 2. The van der Waals surface area contributed by atoms with Crippen LogP contribution in [0.4, 0.5) is 5.69 Å². The zero-order valence-corrected chi connectivity index (χ0v) is 10.3. The highest BCUT2D eigenvalue weighted by molar-refractivity contribution is 7.99. The molecule has 0 saturated carbocycles. The minimum atomic E-state index is 0.601. The molecule has 1 aromatic carbocycles. The molecule has 0 aliphatic carbocycles. The van der Waals surface area contributed by atoms with Crippen molar-refractivity contribution in [2.45, 2.75) is 16.8 Å². The quantitative estimate of drug-likeness (QED) is 0.841. The van der Waals surface area contributed by atoms with E-state index in [0.717, 1.165) is 9.92 Å². The molecule has 0 saturated heterocycles. The number of nitrogen functional groups attached to an aromatic ring is 1. The monoisotopic (exact) mass is 247 g/mol. The van der Waals surface area contributed by atoms with E-state index < -0.39 is 0 Å². The standard InChI is InChI=1S/C12H13N3OS/c1-2-16-11-7-9(3-4-10(11)13)17-12-8-14-5-6-15-12/h3-8H,2,13H2,1H3. The van der Waals surface area contributed by atoms with Gasteiger partial charge in [-0.1, -0.05) is 11.8 Å². The van der Waals surface area contributed by atoms with Crippen LogP contribution in [0.3, 0.4) is 0 Å². The highest BCUT2D eigenvalue weighted by Crippen LogP contribution is 2.31. The molecular formula is C12H13N3OS. The highest BCUT2D eigenvalue weighted by atomic mass is 32.2. The average Bonchev–Trinajstić information content (AvgIpc) is 2.35. The molecule has 4 nitrogen and oxygen atoms in total. The lowest BCUT2D eigenvalue weighted by Crippen LogP contribution is -1.96. The van der Waals surface area contributed by atoms with Crippen molar-refractivity contribution in [3.05, 3.63) is 36.8 Å². The largest absolute Gasteiger partial charge is 0.492 e. The summed E-state index contributed by atoms with van der Waals surface area (Å²) in [6.45, 7) is 2.53. The second-order valence-corrected chi connectivity index (χ2v) is 4.37. The minimum absolute atomic E-state index is 0.601. The van der Waals surface area contributed by atoms with Gasteiger partial charge in [0.2, 0.25) is 0 Å². The molecule has 17 heavy (non-hydrogen) atoms. The smallest absolute Gasteiger partial charge is 0.143 e. The summed E-state index contributed by atoms with van der Waals surface area (Å²) in [7, 11) is 0. The SMILES string of the molecule is CCOc1cc(Sc2cnccn2)ccc1N. The molecule has 2 N–H and O–H groups in total. The Morgan fingerprint density at radius 3 is 2.94 bits per heavy atom. The summed E-state index contributed by atoms with van der Waals surface area (Å²) >= 11 is 1.53. The molecule has 0 unspecified atom stereocenters. The summed E-state index contributed by atoms with van der Waals surface area (Å²) in [5.74, 6) is 0.710. The van der Waals surface area contributed by atoms with Crippen LogP contribution in [0, 0.1) is 0 Å². The first-order chi connectivity index (χ1) is 8.29. The third-order valence-corrected chi connectivity index (χ3v) is 2.96. The van der Waals surface area contributed by atoms with E-state index >= 15 is 0 Å². The molecule has 2 rings (SSSR count). The number of anilines is 1. The fourth-order valence-electron chi connectivity index (χ4n) is 1.32. The van der Waals surface area contributed by atoms with Crippen molar-refractivity contribution >= 4 is 17.4 Å². The van der Waals surface area contributed by atoms with E-state index in [0.29, 0.717) is 18.0 Å². The van der Waals surface area contributed by atoms with Crippen LogP contribution in [-0.2, 0) is 0 Å². The van der Waals surface area contributed by atoms with Gasteiger partial charge in [0.25, 0.3) is 0 Å². The fraction of sp³-hybridized carbons (Fsp3) is 0.167. The highest BCUT2D eigenvalue weighted by Gasteiger charge is 2.04. The van der Waals surface area contributed by atoms with E-state index in [9.17, 15) is 0 Å². The first-order valence-corrected chi connectivity index (χ1v) is 6.07. The van der Waals surface area contributed by atoms with Gasteiger partial charge in [0.1, 0.15) is 10.8 Å². The van der Waals surface area contributed by atoms with Crippen LogP contribution in [0.1, 0.15) is 6.92 Å². The lowest BCUT2D eigenvalue weighted by atomic mass is 10.3. The number of rotatable bonds is 4. The Morgan fingerprint density at radius 1 is 1.35 bits per heavy atom. The van der Waals surface area contributed by atoms with Crippen LogP contribution in [0.25, 0.3) is 0 Å².